The number of amides is 1. The molecule has 0 spiro atoms. The first-order chi connectivity index (χ1) is 13.1. The van der Waals surface area contributed by atoms with Crippen LogP contribution >= 0.6 is 27.3 Å². The molecule has 0 atom stereocenters. The molecule has 0 aliphatic carbocycles. The van der Waals surface area contributed by atoms with Crippen LogP contribution in [0.25, 0.3) is 0 Å². The second-order valence-electron chi connectivity index (χ2n) is 6.47. The summed E-state index contributed by atoms with van der Waals surface area (Å²) in [6.45, 7) is 2.20. The van der Waals surface area contributed by atoms with E-state index in [2.05, 4.69) is 15.9 Å². The van der Waals surface area contributed by atoms with Crippen molar-refractivity contribution < 1.29 is 18.0 Å². The zero-order chi connectivity index (χ0) is 20.9. The van der Waals surface area contributed by atoms with Crippen LogP contribution in [0.4, 0.5) is 0 Å². The molecule has 0 radical (unpaired) electrons. The van der Waals surface area contributed by atoms with Crippen molar-refractivity contribution in [1.29, 1.82) is 0 Å². The topological polar surface area (TPSA) is 74.8 Å². The third-order valence-electron chi connectivity index (χ3n) is 4.28. The maximum absolute atomic E-state index is 12.6. The smallest absolute Gasteiger partial charge is 0.242 e. The van der Waals surface area contributed by atoms with Gasteiger partial charge in [0.05, 0.1) is 15.2 Å². The number of sulfonamides is 1. The number of Topliss-reactive ketones (excluding diaryl/α,β-unsaturated/α-hetero) is 1. The molecule has 2 rings (SSSR count). The lowest BCUT2D eigenvalue weighted by molar-refractivity contribution is -0.130. The Morgan fingerprint density at radius 2 is 1.71 bits per heavy atom. The summed E-state index contributed by atoms with van der Waals surface area (Å²) in [5, 5.41) is 0. The van der Waals surface area contributed by atoms with Crippen molar-refractivity contribution in [2.75, 3.05) is 20.6 Å². The number of rotatable bonds is 9. The first kappa shape index (κ1) is 22.7. The summed E-state index contributed by atoms with van der Waals surface area (Å²) < 4.78 is 27.5. The van der Waals surface area contributed by atoms with Crippen molar-refractivity contribution in [3.8, 4) is 0 Å². The summed E-state index contributed by atoms with van der Waals surface area (Å²) in [5.74, 6) is -0.143. The van der Waals surface area contributed by atoms with Gasteiger partial charge in [-0.2, -0.15) is 0 Å². The van der Waals surface area contributed by atoms with Crippen molar-refractivity contribution in [3.63, 3.8) is 0 Å². The van der Waals surface area contributed by atoms with E-state index in [-0.39, 0.29) is 29.6 Å². The van der Waals surface area contributed by atoms with Gasteiger partial charge >= 0.3 is 0 Å². The van der Waals surface area contributed by atoms with E-state index in [0.717, 1.165) is 8.66 Å². The molecule has 0 unspecified atom stereocenters. The summed E-state index contributed by atoms with van der Waals surface area (Å²) in [4.78, 5) is 26.5. The minimum Gasteiger partial charge on any atom is -0.341 e. The molecule has 28 heavy (non-hydrogen) atoms. The SMILES string of the molecule is CC(=O)c1ccc(S(=O)(=O)N(C)CCCC(=O)N(C)Cc2ccc(Br)s2)cc1. The van der Waals surface area contributed by atoms with Gasteiger partial charge in [0.1, 0.15) is 0 Å². The molecule has 1 amide bonds. The Hall–Kier alpha value is -1.55. The summed E-state index contributed by atoms with van der Waals surface area (Å²) in [6, 6.07) is 9.79. The van der Waals surface area contributed by atoms with Crippen LogP contribution in [0.2, 0.25) is 0 Å². The van der Waals surface area contributed by atoms with Gasteiger partial charge in [0.25, 0.3) is 0 Å². The highest BCUT2D eigenvalue weighted by Crippen LogP contribution is 2.23. The van der Waals surface area contributed by atoms with E-state index in [1.165, 1.54) is 42.5 Å². The lowest BCUT2D eigenvalue weighted by atomic mass is 10.2. The van der Waals surface area contributed by atoms with E-state index in [1.807, 2.05) is 12.1 Å². The largest absolute Gasteiger partial charge is 0.341 e. The highest BCUT2D eigenvalue weighted by Gasteiger charge is 2.21. The zero-order valence-electron chi connectivity index (χ0n) is 16.0. The third-order valence-corrected chi connectivity index (χ3v) is 7.76. The van der Waals surface area contributed by atoms with Crippen molar-refractivity contribution >= 4 is 49.0 Å². The number of carbonyl (C=O) groups excluding carboxylic acids is 2. The molecule has 0 aliphatic rings. The van der Waals surface area contributed by atoms with E-state index >= 15 is 0 Å². The van der Waals surface area contributed by atoms with Gasteiger partial charge in [-0.25, -0.2) is 12.7 Å². The van der Waals surface area contributed by atoms with E-state index in [1.54, 1.807) is 23.3 Å². The fourth-order valence-electron chi connectivity index (χ4n) is 2.56. The maximum Gasteiger partial charge on any atom is 0.242 e. The standard InChI is InChI=1S/C19H23BrN2O4S2/c1-14(23)15-6-9-17(10-7-15)28(25,26)22(3)12-4-5-19(24)21(2)13-16-8-11-18(20)27-16/h6-11H,4-5,12-13H2,1-3H3. The van der Waals surface area contributed by atoms with Crippen molar-refractivity contribution in [1.82, 2.24) is 9.21 Å². The Morgan fingerprint density at radius 1 is 1.07 bits per heavy atom. The van der Waals surface area contributed by atoms with E-state index in [4.69, 9.17) is 0 Å². The fourth-order valence-corrected chi connectivity index (χ4v) is 5.31. The minimum absolute atomic E-state index is 0.0267. The Labute approximate surface area is 178 Å². The molecule has 152 valence electrons. The van der Waals surface area contributed by atoms with Gasteiger partial charge in [-0.15, -0.1) is 11.3 Å². The molecule has 0 fully saturated rings. The van der Waals surface area contributed by atoms with Crippen LogP contribution in [-0.4, -0.2) is 50.0 Å². The van der Waals surface area contributed by atoms with E-state index in [9.17, 15) is 18.0 Å². The number of carbonyl (C=O) groups is 2. The molecule has 1 aromatic carbocycles. The molecular formula is C19H23BrN2O4S2. The lowest BCUT2D eigenvalue weighted by Crippen LogP contribution is -2.30. The Bertz CT molecular complexity index is 939. The highest BCUT2D eigenvalue weighted by molar-refractivity contribution is 9.11. The van der Waals surface area contributed by atoms with Crippen LogP contribution in [0.15, 0.2) is 45.1 Å². The molecule has 0 N–H and O–H groups in total. The average molecular weight is 487 g/mol. The molecule has 6 nitrogen and oxygen atoms in total. The van der Waals surface area contributed by atoms with Gasteiger partial charge in [0, 0.05) is 37.5 Å². The number of benzene rings is 1. The molecule has 2 aromatic rings. The molecule has 1 aromatic heterocycles. The van der Waals surface area contributed by atoms with Gasteiger partial charge in [0.2, 0.25) is 15.9 Å². The Balaban J connectivity index is 1.87. The monoisotopic (exact) mass is 486 g/mol. The summed E-state index contributed by atoms with van der Waals surface area (Å²) >= 11 is 4.98. The predicted molar refractivity (Wildman–Crippen MR) is 114 cm³/mol. The first-order valence-corrected chi connectivity index (χ1v) is 11.7. The number of ketones is 1. The second kappa shape index (κ2) is 9.78. The van der Waals surface area contributed by atoms with Crippen molar-refractivity contribution in [2.45, 2.75) is 31.2 Å². The van der Waals surface area contributed by atoms with E-state index in [0.29, 0.717) is 18.5 Å². The van der Waals surface area contributed by atoms with Crippen molar-refractivity contribution in [2.24, 2.45) is 0 Å². The number of hydrogen-bond donors (Lipinski definition) is 0. The van der Waals surface area contributed by atoms with Gasteiger partial charge < -0.3 is 4.90 Å². The van der Waals surface area contributed by atoms with Crippen LogP contribution in [-0.2, 0) is 21.4 Å². The summed E-state index contributed by atoms with van der Waals surface area (Å²) in [5.41, 5.74) is 0.466. The Kier molecular flexibility index (Phi) is 7.94. The minimum atomic E-state index is -3.65. The van der Waals surface area contributed by atoms with Crippen LogP contribution in [0.3, 0.4) is 0 Å². The van der Waals surface area contributed by atoms with Crippen molar-refractivity contribution in [3.05, 3.63) is 50.6 Å². The summed E-state index contributed by atoms with van der Waals surface area (Å²) in [7, 11) is -0.417. The number of halogens is 1. The van der Waals surface area contributed by atoms with Crippen LogP contribution in [0, 0.1) is 0 Å². The highest BCUT2D eigenvalue weighted by atomic mass is 79.9. The average Bonchev–Trinajstić information content (AvgIpc) is 3.06. The second-order valence-corrected chi connectivity index (χ2v) is 11.1. The quantitative estimate of drug-likeness (QED) is 0.505. The van der Waals surface area contributed by atoms with Gasteiger partial charge in [-0.1, -0.05) is 12.1 Å². The number of thiophene rings is 1. The maximum atomic E-state index is 12.6. The predicted octanol–water partition coefficient (Wildman–Crippen LogP) is 3.77. The molecular weight excluding hydrogens is 464 g/mol. The fraction of sp³-hybridized carbons (Fsp3) is 0.368. The van der Waals surface area contributed by atoms with Gasteiger partial charge in [-0.3, -0.25) is 9.59 Å². The lowest BCUT2D eigenvalue weighted by Gasteiger charge is -2.19. The number of hydrogen-bond acceptors (Lipinski definition) is 5. The molecule has 0 saturated carbocycles. The number of nitrogens with zero attached hydrogens (tertiary/aromatic N) is 2. The molecule has 9 heteroatoms. The van der Waals surface area contributed by atoms with Crippen LogP contribution in [0.5, 0.6) is 0 Å². The van der Waals surface area contributed by atoms with Crippen LogP contribution in [0.1, 0.15) is 35.0 Å². The van der Waals surface area contributed by atoms with Crippen LogP contribution < -0.4 is 0 Å². The third kappa shape index (κ3) is 5.97. The van der Waals surface area contributed by atoms with E-state index < -0.39 is 10.0 Å². The summed E-state index contributed by atoms with van der Waals surface area (Å²) in [6.07, 6.45) is 0.699. The van der Waals surface area contributed by atoms with Gasteiger partial charge in [0.15, 0.2) is 5.78 Å². The normalized spacial score (nSPS) is 11.6. The first-order valence-electron chi connectivity index (χ1n) is 8.67. The Morgan fingerprint density at radius 3 is 2.25 bits per heavy atom. The molecule has 1 heterocycles. The van der Waals surface area contributed by atoms with Gasteiger partial charge in [-0.05, 0) is 53.5 Å². The zero-order valence-corrected chi connectivity index (χ0v) is 19.2. The molecule has 0 aliphatic heterocycles. The molecule has 0 saturated heterocycles. The molecule has 0 bridgehead atoms.